The Balaban J connectivity index is 2.30. The Hall–Kier alpha value is -0.480. The summed E-state index contributed by atoms with van der Waals surface area (Å²) < 4.78 is 0. The van der Waals surface area contributed by atoms with E-state index in [9.17, 15) is 5.11 Å². The highest BCUT2D eigenvalue weighted by molar-refractivity contribution is 8.00. The summed E-state index contributed by atoms with van der Waals surface area (Å²) in [6.07, 6.45) is 21.0. The number of aliphatic hydroxyl groups excluding tert-OH is 2. The van der Waals surface area contributed by atoms with E-state index < -0.39 is 6.10 Å². The van der Waals surface area contributed by atoms with Crippen LogP contribution in [0.1, 0.15) is 96.8 Å². The zero-order valence-corrected chi connectivity index (χ0v) is 20.5. The molecule has 0 aliphatic rings. The smallest absolute Gasteiger partial charge is 0.0697 e. The summed E-state index contributed by atoms with van der Waals surface area (Å²) in [5.74, 6) is 0. The van der Waals surface area contributed by atoms with Crippen LogP contribution in [0.3, 0.4) is 0 Å². The topological polar surface area (TPSA) is 40.5 Å². The number of aliphatic hydroxyl groups is 2. The molecule has 0 aromatic heterocycles. The van der Waals surface area contributed by atoms with Crippen LogP contribution in [0.4, 0.5) is 0 Å². The number of hydrogen-bond donors (Lipinski definition) is 2. The molecular weight excluding hydrogens is 412 g/mol. The van der Waals surface area contributed by atoms with Crippen molar-refractivity contribution < 1.29 is 10.2 Å². The molecule has 0 amide bonds. The molecule has 1 aromatic carbocycles. The van der Waals surface area contributed by atoms with E-state index >= 15 is 0 Å². The monoisotopic (exact) mass is 454 g/mol. The molecule has 0 saturated heterocycles. The highest BCUT2D eigenvalue weighted by Gasteiger charge is 2.17. The van der Waals surface area contributed by atoms with Gasteiger partial charge >= 0.3 is 0 Å². The van der Waals surface area contributed by atoms with Crippen LogP contribution in [0, 0.1) is 0 Å². The van der Waals surface area contributed by atoms with Gasteiger partial charge in [-0.3, -0.25) is 0 Å². The van der Waals surface area contributed by atoms with Gasteiger partial charge in [-0.15, -0.1) is 11.8 Å². The van der Waals surface area contributed by atoms with Crippen LogP contribution in [-0.4, -0.2) is 28.2 Å². The lowest BCUT2D eigenvalue weighted by atomic mass is 10.1. The maximum absolute atomic E-state index is 10.6. The summed E-state index contributed by atoms with van der Waals surface area (Å²) in [6.45, 7) is 2.46. The Morgan fingerprint density at radius 2 is 1.47 bits per heavy atom. The lowest BCUT2D eigenvalue weighted by Crippen LogP contribution is -2.21. The van der Waals surface area contributed by atoms with Gasteiger partial charge in [0.2, 0.25) is 0 Å². The molecule has 0 unspecified atom stereocenters. The summed E-state index contributed by atoms with van der Waals surface area (Å²) in [5.41, 5.74) is 0. The van der Waals surface area contributed by atoms with Gasteiger partial charge in [-0.1, -0.05) is 88.5 Å². The number of thioether (sulfide) groups is 1. The van der Waals surface area contributed by atoms with Crippen LogP contribution >= 0.6 is 23.4 Å². The molecule has 2 nitrogen and oxygen atoms in total. The largest absolute Gasteiger partial charge is 0.396 e. The molecule has 1 rings (SSSR count). The van der Waals surface area contributed by atoms with Crippen molar-refractivity contribution in [2.24, 2.45) is 0 Å². The second kappa shape index (κ2) is 19.2. The van der Waals surface area contributed by atoms with Crippen molar-refractivity contribution in [3.8, 4) is 0 Å². The zero-order chi connectivity index (χ0) is 21.9. The van der Waals surface area contributed by atoms with Crippen LogP contribution in [0.15, 0.2) is 41.3 Å². The van der Waals surface area contributed by atoms with Gasteiger partial charge in [-0.05, 0) is 56.4 Å². The Morgan fingerprint density at radius 1 is 0.867 bits per heavy atom. The summed E-state index contributed by atoms with van der Waals surface area (Å²) >= 11 is 7.68. The minimum absolute atomic E-state index is 0.0352. The quantitative estimate of drug-likeness (QED) is 0.126. The van der Waals surface area contributed by atoms with Crippen LogP contribution < -0.4 is 0 Å². The van der Waals surface area contributed by atoms with Gasteiger partial charge in [0, 0.05) is 16.5 Å². The molecule has 2 N–H and O–H groups in total. The molecule has 1 aromatic rings. The number of rotatable bonds is 19. The van der Waals surface area contributed by atoms with Crippen molar-refractivity contribution in [1.82, 2.24) is 0 Å². The fraction of sp³-hybridized carbons (Fsp3) is 0.692. The van der Waals surface area contributed by atoms with Gasteiger partial charge in [0.1, 0.15) is 0 Å². The normalized spacial score (nSPS) is 13.7. The molecule has 4 heteroatoms. The molecule has 0 spiro atoms. The first-order valence-corrected chi connectivity index (χ1v) is 13.3. The van der Waals surface area contributed by atoms with Gasteiger partial charge in [-0.2, -0.15) is 0 Å². The molecule has 2 atom stereocenters. The zero-order valence-electron chi connectivity index (χ0n) is 18.9. The third-order valence-electron chi connectivity index (χ3n) is 5.42. The molecule has 0 radical (unpaired) electrons. The van der Waals surface area contributed by atoms with Gasteiger partial charge in [0.15, 0.2) is 0 Å². The molecule has 172 valence electrons. The van der Waals surface area contributed by atoms with E-state index in [0.29, 0.717) is 6.42 Å². The second-order valence-corrected chi connectivity index (χ2v) is 9.91. The predicted molar refractivity (Wildman–Crippen MR) is 134 cm³/mol. The highest BCUT2D eigenvalue weighted by atomic mass is 35.5. The molecule has 0 fully saturated rings. The maximum atomic E-state index is 10.6. The molecule has 0 bridgehead atoms. The molecular formula is C26H43ClO2S. The van der Waals surface area contributed by atoms with Crippen molar-refractivity contribution in [2.75, 3.05) is 6.61 Å². The van der Waals surface area contributed by atoms with Crippen molar-refractivity contribution in [3.63, 3.8) is 0 Å². The van der Waals surface area contributed by atoms with Crippen LogP contribution in [0.5, 0.6) is 0 Å². The SMILES string of the molecule is CCCCCCCCCCCC/C=C\[C@@H](Sc1ccc(Cl)cc1)[C@@H](O)CCCCO. The standard InChI is InChI=1S/C26H43ClO2S/c1-2-3-4-5-6-7-8-9-10-11-12-13-17-26(25(29)16-14-15-22-28)30-24-20-18-23(27)19-21-24/h13,17-21,25-26,28-29H,2-12,14-16,22H2,1H3/b17-13-/t25-,26+/m0/s1. The lowest BCUT2D eigenvalue weighted by molar-refractivity contribution is 0.164. The van der Waals surface area contributed by atoms with Crippen molar-refractivity contribution in [1.29, 1.82) is 0 Å². The Labute approximate surface area is 194 Å². The predicted octanol–water partition coefficient (Wildman–Crippen LogP) is 8.19. The summed E-state index contributed by atoms with van der Waals surface area (Å²) in [7, 11) is 0. The van der Waals surface area contributed by atoms with Crippen molar-refractivity contribution in [3.05, 3.63) is 41.4 Å². The van der Waals surface area contributed by atoms with E-state index in [0.717, 1.165) is 29.2 Å². The van der Waals surface area contributed by atoms with E-state index in [2.05, 4.69) is 19.1 Å². The van der Waals surface area contributed by atoms with Gasteiger partial charge in [0.25, 0.3) is 0 Å². The number of hydrogen-bond acceptors (Lipinski definition) is 3. The van der Waals surface area contributed by atoms with E-state index in [1.165, 1.54) is 64.2 Å². The minimum Gasteiger partial charge on any atom is -0.396 e. The number of allylic oxidation sites excluding steroid dienone is 1. The van der Waals surface area contributed by atoms with E-state index in [1.54, 1.807) is 11.8 Å². The first-order chi connectivity index (χ1) is 14.7. The van der Waals surface area contributed by atoms with Gasteiger partial charge < -0.3 is 10.2 Å². The molecule has 30 heavy (non-hydrogen) atoms. The van der Waals surface area contributed by atoms with Crippen LogP contribution in [0.2, 0.25) is 5.02 Å². The van der Waals surface area contributed by atoms with Crippen LogP contribution in [-0.2, 0) is 0 Å². The number of halogens is 1. The maximum Gasteiger partial charge on any atom is 0.0697 e. The van der Waals surface area contributed by atoms with E-state index in [4.69, 9.17) is 16.7 Å². The van der Waals surface area contributed by atoms with Gasteiger partial charge in [-0.25, -0.2) is 0 Å². The average Bonchev–Trinajstić information content (AvgIpc) is 2.75. The second-order valence-electron chi connectivity index (χ2n) is 8.22. The molecule has 0 aliphatic heterocycles. The molecule has 0 saturated carbocycles. The Kier molecular flexibility index (Phi) is 17.7. The third-order valence-corrected chi connectivity index (χ3v) is 6.96. The van der Waals surface area contributed by atoms with Crippen molar-refractivity contribution in [2.45, 2.75) is 113 Å². The Morgan fingerprint density at radius 3 is 2.07 bits per heavy atom. The first-order valence-electron chi connectivity index (χ1n) is 12.0. The van der Waals surface area contributed by atoms with Crippen molar-refractivity contribution >= 4 is 23.4 Å². The minimum atomic E-state index is -0.402. The van der Waals surface area contributed by atoms with Crippen LogP contribution in [0.25, 0.3) is 0 Å². The van der Waals surface area contributed by atoms with E-state index in [1.807, 2.05) is 24.3 Å². The van der Waals surface area contributed by atoms with E-state index in [-0.39, 0.29) is 11.9 Å². The molecule has 0 heterocycles. The van der Waals surface area contributed by atoms with Gasteiger partial charge in [0.05, 0.1) is 11.4 Å². The summed E-state index contributed by atoms with van der Waals surface area (Å²) in [4.78, 5) is 1.12. The fourth-order valence-corrected chi connectivity index (χ4v) is 4.74. The summed E-state index contributed by atoms with van der Waals surface area (Å²) in [6, 6.07) is 7.81. The summed E-state index contributed by atoms with van der Waals surface area (Å²) in [5, 5.41) is 20.4. The average molecular weight is 455 g/mol. The molecule has 0 aliphatic carbocycles. The first kappa shape index (κ1) is 27.6. The number of benzene rings is 1. The third kappa shape index (κ3) is 14.5. The lowest BCUT2D eigenvalue weighted by Gasteiger charge is -2.19. The number of unbranched alkanes of at least 4 members (excludes halogenated alkanes) is 11. The highest BCUT2D eigenvalue weighted by Crippen LogP contribution is 2.29. The fourth-order valence-electron chi connectivity index (χ4n) is 3.53. The Bertz CT molecular complexity index is 532.